The molecule has 4 aromatic rings. The Labute approximate surface area is 220 Å². The van der Waals surface area contributed by atoms with E-state index >= 15 is 0 Å². The Morgan fingerprint density at radius 2 is 1.70 bits per heavy atom. The van der Waals surface area contributed by atoms with Crippen LogP contribution >= 0.6 is 11.3 Å². The first-order chi connectivity index (χ1) is 17.9. The van der Waals surface area contributed by atoms with E-state index in [1.54, 1.807) is 54.9 Å². The smallest absolute Gasteiger partial charge is 0.303 e. The van der Waals surface area contributed by atoms with Gasteiger partial charge in [0, 0.05) is 42.8 Å². The molecule has 0 atom stereocenters. The Kier molecular flexibility index (Phi) is 8.60. The third-order valence-corrected chi connectivity index (χ3v) is 8.53. The monoisotopic (exact) mass is 533 g/mol. The number of hydrogen-bond donors (Lipinski definition) is 1. The van der Waals surface area contributed by atoms with Crippen molar-refractivity contribution >= 4 is 32.2 Å². The summed E-state index contributed by atoms with van der Waals surface area (Å²) in [6, 6.07) is 20.3. The van der Waals surface area contributed by atoms with Crippen molar-refractivity contribution in [3.63, 3.8) is 0 Å². The molecule has 2 aromatic carbocycles. The van der Waals surface area contributed by atoms with E-state index in [4.69, 9.17) is 5.11 Å². The summed E-state index contributed by atoms with van der Waals surface area (Å²) in [4.78, 5) is 19.8. The van der Waals surface area contributed by atoms with Crippen LogP contribution in [0.3, 0.4) is 0 Å². The second-order valence-corrected chi connectivity index (χ2v) is 11.2. The van der Waals surface area contributed by atoms with Crippen LogP contribution in [0.4, 0.5) is 0 Å². The molecule has 0 radical (unpaired) electrons. The van der Waals surface area contributed by atoms with Crippen LogP contribution in [0.15, 0.2) is 90.6 Å². The lowest BCUT2D eigenvalue weighted by atomic mass is 10.1. The fourth-order valence-corrected chi connectivity index (χ4v) is 6.21. The molecule has 4 rings (SSSR count). The normalized spacial score (nSPS) is 12.1. The molecule has 0 saturated carbocycles. The van der Waals surface area contributed by atoms with Gasteiger partial charge in [0.1, 0.15) is 9.91 Å². The summed E-state index contributed by atoms with van der Waals surface area (Å²) in [5.74, 6) is -0.871. The summed E-state index contributed by atoms with van der Waals surface area (Å²) >= 11 is 1.54. The molecule has 0 aliphatic heterocycles. The molecule has 9 heteroatoms. The molecule has 0 spiro atoms. The van der Waals surface area contributed by atoms with Crippen LogP contribution in [0.2, 0.25) is 0 Å². The van der Waals surface area contributed by atoms with Crippen molar-refractivity contribution in [3.05, 3.63) is 113 Å². The highest BCUT2D eigenvalue weighted by molar-refractivity contribution is 7.98. The summed E-state index contributed by atoms with van der Waals surface area (Å²) < 4.78 is 29.3. The van der Waals surface area contributed by atoms with Gasteiger partial charge in [0.15, 0.2) is 0 Å². The average molecular weight is 534 g/mol. The number of nitrogens with zero attached hydrogens (tertiary/aromatic N) is 3. The number of benzene rings is 2. The maximum absolute atomic E-state index is 14.0. The molecular formula is C28H27N3O4S2. The summed E-state index contributed by atoms with van der Waals surface area (Å²) in [6.07, 6.45) is 5.28. The number of sulfonamides is 1. The second-order valence-electron chi connectivity index (χ2n) is 8.39. The molecule has 0 aliphatic carbocycles. The van der Waals surface area contributed by atoms with Gasteiger partial charge < -0.3 is 5.11 Å². The summed E-state index contributed by atoms with van der Waals surface area (Å²) in [5.41, 5.74) is 3.82. The topological polar surface area (TPSA) is 100 Å². The van der Waals surface area contributed by atoms with Crippen LogP contribution < -0.4 is 0 Å². The van der Waals surface area contributed by atoms with Crippen molar-refractivity contribution in [2.24, 2.45) is 0 Å². The third kappa shape index (κ3) is 6.76. The Hall–Kier alpha value is -3.66. The Balaban J connectivity index is 1.66. The van der Waals surface area contributed by atoms with Crippen LogP contribution in [-0.2, 0) is 34.3 Å². The van der Waals surface area contributed by atoms with E-state index in [0.717, 1.165) is 27.3 Å². The van der Waals surface area contributed by atoms with Gasteiger partial charge in [0.25, 0.3) is 0 Å². The van der Waals surface area contributed by atoms with Gasteiger partial charge in [0.05, 0.1) is 5.69 Å². The predicted octanol–water partition coefficient (Wildman–Crippen LogP) is 5.62. The van der Waals surface area contributed by atoms with Crippen molar-refractivity contribution in [2.75, 3.05) is 0 Å². The van der Waals surface area contributed by atoms with Crippen LogP contribution in [0.1, 0.15) is 35.7 Å². The SMILES string of the molecule is CC=C(c1ccccn1)S(=O)(=O)N(Cc1ccc(-c2nccs2)cc1)Cc1cccc(CCC(=O)O)c1. The zero-order valence-electron chi connectivity index (χ0n) is 20.3. The fraction of sp³-hybridized carbons (Fsp3) is 0.179. The van der Waals surface area contributed by atoms with Gasteiger partial charge >= 0.3 is 5.97 Å². The molecule has 0 amide bonds. The molecule has 2 heterocycles. The molecule has 1 N–H and O–H groups in total. The average Bonchev–Trinajstić information content (AvgIpc) is 3.44. The molecule has 190 valence electrons. The quantitative estimate of drug-likeness (QED) is 0.269. The Morgan fingerprint density at radius 1 is 0.946 bits per heavy atom. The number of rotatable bonds is 11. The summed E-state index contributed by atoms with van der Waals surface area (Å²) in [5, 5.41) is 11.9. The van der Waals surface area contributed by atoms with Gasteiger partial charge in [-0.3, -0.25) is 9.78 Å². The van der Waals surface area contributed by atoms with Gasteiger partial charge in [-0.1, -0.05) is 60.7 Å². The van der Waals surface area contributed by atoms with E-state index in [2.05, 4.69) is 9.97 Å². The number of thiazole rings is 1. The molecule has 2 aromatic heterocycles. The van der Waals surface area contributed by atoms with Gasteiger partial charge in [0.2, 0.25) is 10.0 Å². The van der Waals surface area contributed by atoms with Crippen molar-refractivity contribution in [1.82, 2.24) is 14.3 Å². The number of allylic oxidation sites excluding steroid dienone is 1. The Bertz CT molecular complexity index is 1470. The van der Waals surface area contributed by atoms with E-state index in [0.29, 0.717) is 12.1 Å². The maximum Gasteiger partial charge on any atom is 0.303 e. The highest BCUT2D eigenvalue weighted by Crippen LogP contribution is 2.28. The fourth-order valence-electron chi connectivity index (χ4n) is 3.96. The number of carboxylic acids is 1. The van der Waals surface area contributed by atoms with E-state index in [1.807, 2.05) is 53.9 Å². The van der Waals surface area contributed by atoms with E-state index in [9.17, 15) is 13.2 Å². The minimum atomic E-state index is -3.93. The minimum Gasteiger partial charge on any atom is -0.481 e. The number of carboxylic acid groups (broad SMARTS) is 1. The highest BCUT2D eigenvalue weighted by atomic mass is 32.2. The lowest BCUT2D eigenvalue weighted by Gasteiger charge is -2.24. The lowest BCUT2D eigenvalue weighted by Crippen LogP contribution is -2.31. The summed E-state index contributed by atoms with van der Waals surface area (Å²) in [7, 11) is -3.93. The number of aliphatic carboxylic acids is 1. The van der Waals surface area contributed by atoms with Crippen molar-refractivity contribution in [1.29, 1.82) is 0 Å². The predicted molar refractivity (Wildman–Crippen MR) is 146 cm³/mol. The third-order valence-electron chi connectivity index (χ3n) is 5.77. The minimum absolute atomic E-state index is 0.0132. The first-order valence-electron chi connectivity index (χ1n) is 11.7. The molecule has 0 bridgehead atoms. The second kappa shape index (κ2) is 12.1. The highest BCUT2D eigenvalue weighted by Gasteiger charge is 2.28. The number of aryl methyl sites for hydroxylation is 1. The van der Waals surface area contributed by atoms with Gasteiger partial charge in [-0.15, -0.1) is 11.3 Å². The Morgan fingerprint density at radius 3 is 2.35 bits per heavy atom. The number of aromatic nitrogens is 2. The molecule has 0 aliphatic rings. The number of hydrogen-bond acceptors (Lipinski definition) is 6. The number of carbonyl (C=O) groups is 1. The standard InChI is InChI=1S/C28H27N3O4S2/c1-2-26(25-8-3-4-15-29-25)37(34,35)31(20-23-7-5-6-21(18-23)11-14-27(32)33)19-22-9-12-24(13-10-22)28-30-16-17-36-28/h2-10,12-13,15-18H,11,14,19-20H2,1H3,(H,32,33). The first kappa shape index (κ1) is 26.4. The molecule has 37 heavy (non-hydrogen) atoms. The lowest BCUT2D eigenvalue weighted by molar-refractivity contribution is -0.136. The summed E-state index contributed by atoms with van der Waals surface area (Å²) in [6.45, 7) is 1.97. The molecule has 7 nitrogen and oxygen atoms in total. The van der Waals surface area contributed by atoms with Crippen LogP contribution in [0.25, 0.3) is 15.5 Å². The zero-order valence-corrected chi connectivity index (χ0v) is 22.0. The first-order valence-corrected chi connectivity index (χ1v) is 14.0. The van der Waals surface area contributed by atoms with E-state index < -0.39 is 16.0 Å². The van der Waals surface area contributed by atoms with E-state index in [1.165, 1.54) is 4.31 Å². The van der Waals surface area contributed by atoms with Gasteiger partial charge in [-0.2, -0.15) is 4.31 Å². The molecule has 0 fully saturated rings. The van der Waals surface area contributed by atoms with Crippen LogP contribution in [0, 0.1) is 0 Å². The van der Waals surface area contributed by atoms with Crippen molar-refractivity contribution in [3.8, 4) is 10.6 Å². The van der Waals surface area contributed by atoms with Crippen molar-refractivity contribution in [2.45, 2.75) is 32.9 Å². The molecular weight excluding hydrogens is 506 g/mol. The van der Waals surface area contributed by atoms with Crippen LogP contribution in [0.5, 0.6) is 0 Å². The maximum atomic E-state index is 14.0. The molecule has 0 unspecified atom stereocenters. The zero-order chi connectivity index (χ0) is 26.3. The van der Waals surface area contributed by atoms with Gasteiger partial charge in [-0.05, 0) is 42.2 Å². The number of pyridine rings is 1. The largest absolute Gasteiger partial charge is 0.481 e. The van der Waals surface area contributed by atoms with Crippen LogP contribution in [-0.4, -0.2) is 33.8 Å². The molecule has 0 saturated heterocycles. The van der Waals surface area contributed by atoms with Crippen molar-refractivity contribution < 1.29 is 18.3 Å². The van der Waals surface area contributed by atoms with Gasteiger partial charge in [-0.25, -0.2) is 13.4 Å². The van der Waals surface area contributed by atoms with E-state index in [-0.39, 0.29) is 24.4 Å².